The van der Waals surface area contributed by atoms with Gasteiger partial charge in [0.25, 0.3) is 0 Å². The normalized spacial score (nSPS) is 12.7. The van der Waals surface area contributed by atoms with Crippen LogP contribution >= 0.6 is 15.9 Å². The van der Waals surface area contributed by atoms with Crippen LogP contribution in [-0.2, 0) is 13.0 Å². The molecule has 2 rings (SSSR count). The first-order chi connectivity index (χ1) is 9.56. The van der Waals surface area contributed by atoms with E-state index < -0.39 is 17.7 Å². The van der Waals surface area contributed by atoms with E-state index in [0.717, 1.165) is 12.4 Å². The van der Waals surface area contributed by atoms with Crippen LogP contribution in [0.1, 0.15) is 24.4 Å². The van der Waals surface area contributed by atoms with Gasteiger partial charge in [-0.05, 0) is 19.1 Å². The van der Waals surface area contributed by atoms with Crippen molar-refractivity contribution in [2.75, 3.05) is 0 Å². The smallest absolute Gasteiger partial charge is 0.132 e. The number of aromatic nitrogens is 2. The fourth-order valence-corrected chi connectivity index (χ4v) is 2.53. The molecule has 0 fully saturated rings. The van der Waals surface area contributed by atoms with Gasteiger partial charge in [0.2, 0.25) is 0 Å². The Bertz CT molecular complexity index is 577. The van der Waals surface area contributed by atoms with Crippen molar-refractivity contribution in [1.82, 2.24) is 15.0 Å². The molecule has 0 aliphatic heterocycles. The molecule has 1 unspecified atom stereocenters. The molecule has 7 heteroatoms. The quantitative estimate of drug-likeness (QED) is 0.647. The summed E-state index contributed by atoms with van der Waals surface area (Å²) in [5.74, 6) is 4.89. The Hall–Kier alpha value is -1.31. The van der Waals surface area contributed by atoms with Crippen LogP contribution in [0.25, 0.3) is 0 Å². The van der Waals surface area contributed by atoms with Crippen LogP contribution in [0, 0.1) is 11.6 Å². The Morgan fingerprint density at radius 2 is 2.05 bits per heavy atom. The molecule has 0 amide bonds. The first-order valence-electron chi connectivity index (χ1n) is 6.17. The van der Waals surface area contributed by atoms with Crippen molar-refractivity contribution in [3.8, 4) is 0 Å². The van der Waals surface area contributed by atoms with Crippen molar-refractivity contribution in [3.05, 3.63) is 52.0 Å². The number of nitrogens with two attached hydrogens (primary N) is 1. The zero-order valence-electron chi connectivity index (χ0n) is 10.9. The Labute approximate surface area is 124 Å². The number of hydrazine groups is 1. The van der Waals surface area contributed by atoms with Crippen LogP contribution in [0.15, 0.2) is 29.0 Å². The van der Waals surface area contributed by atoms with E-state index in [2.05, 4.69) is 26.3 Å². The van der Waals surface area contributed by atoms with Crippen molar-refractivity contribution in [1.29, 1.82) is 0 Å². The van der Waals surface area contributed by atoms with E-state index in [4.69, 9.17) is 5.84 Å². The zero-order chi connectivity index (χ0) is 14.7. The lowest BCUT2D eigenvalue weighted by molar-refractivity contribution is 0.460. The summed E-state index contributed by atoms with van der Waals surface area (Å²) < 4.78 is 30.2. The Morgan fingerprint density at radius 1 is 1.40 bits per heavy atom. The fourth-order valence-electron chi connectivity index (χ4n) is 2.13. The van der Waals surface area contributed by atoms with Crippen molar-refractivity contribution >= 4 is 15.9 Å². The largest absolute Gasteiger partial charge is 0.335 e. The van der Waals surface area contributed by atoms with Gasteiger partial charge in [0.15, 0.2) is 0 Å². The molecule has 0 aliphatic carbocycles. The van der Waals surface area contributed by atoms with Gasteiger partial charge in [0, 0.05) is 35.4 Å². The average molecular weight is 345 g/mol. The van der Waals surface area contributed by atoms with Crippen LogP contribution in [0.4, 0.5) is 8.78 Å². The summed E-state index contributed by atoms with van der Waals surface area (Å²) >= 11 is 3.05. The molecule has 0 bridgehead atoms. The highest BCUT2D eigenvalue weighted by Crippen LogP contribution is 2.26. The SMILES string of the molecule is CCn1ccnc1CC(NN)c1c(F)cc(Br)cc1F. The summed E-state index contributed by atoms with van der Waals surface area (Å²) in [4.78, 5) is 4.19. The molecule has 1 aromatic carbocycles. The van der Waals surface area contributed by atoms with E-state index in [1.165, 1.54) is 12.1 Å². The monoisotopic (exact) mass is 344 g/mol. The summed E-state index contributed by atoms with van der Waals surface area (Å²) in [7, 11) is 0. The summed E-state index contributed by atoms with van der Waals surface area (Å²) in [6.07, 6.45) is 3.77. The van der Waals surface area contributed by atoms with Gasteiger partial charge in [-0.2, -0.15) is 0 Å². The Morgan fingerprint density at radius 3 is 2.60 bits per heavy atom. The van der Waals surface area contributed by atoms with Crippen molar-refractivity contribution in [2.45, 2.75) is 25.9 Å². The van der Waals surface area contributed by atoms with Gasteiger partial charge in [0.05, 0.1) is 6.04 Å². The molecule has 0 spiro atoms. The minimum absolute atomic E-state index is 0.0821. The second-order valence-electron chi connectivity index (χ2n) is 4.34. The predicted octanol–water partition coefficient (Wildman–Crippen LogP) is 2.69. The summed E-state index contributed by atoms with van der Waals surface area (Å²) in [5.41, 5.74) is 2.38. The third kappa shape index (κ3) is 3.05. The highest BCUT2D eigenvalue weighted by Gasteiger charge is 2.22. The second kappa shape index (κ2) is 6.43. The highest BCUT2D eigenvalue weighted by atomic mass is 79.9. The third-order valence-electron chi connectivity index (χ3n) is 3.12. The predicted molar refractivity (Wildman–Crippen MR) is 75.7 cm³/mol. The maximum Gasteiger partial charge on any atom is 0.132 e. The molecule has 0 radical (unpaired) electrons. The molecular formula is C13H15BrF2N4. The molecule has 4 nitrogen and oxygen atoms in total. The lowest BCUT2D eigenvalue weighted by atomic mass is 10.0. The number of nitrogens with one attached hydrogen (secondary N) is 1. The standard InChI is InChI=1S/C13H15BrF2N4/c1-2-20-4-3-18-12(20)7-11(19-17)13-9(15)5-8(14)6-10(13)16/h3-6,11,19H,2,7,17H2,1H3. The first kappa shape index (κ1) is 15.1. The van der Waals surface area contributed by atoms with E-state index in [0.29, 0.717) is 10.9 Å². The van der Waals surface area contributed by atoms with E-state index in [1.807, 2.05) is 17.7 Å². The van der Waals surface area contributed by atoms with Crippen LogP contribution in [0.2, 0.25) is 0 Å². The fraction of sp³-hybridized carbons (Fsp3) is 0.308. The molecule has 1 heterocycles. The van der Waals surface area contributed by atoms with Gasteiger partial charge in [-0.25, -0.2) is 13.8 Å². The Balaban J connectivity index is 2.34. The van der Waals surface area contributed by atoms with Gasteiger partial charge in [-0.3, -0.25) is 11.3 Å². The van der Waals surface area contributed by atoms with E-state index in [9.17, 15) is 8.78 Å². The number of hydrogen-bond acceptors (Lipinski definition) is 3. The van der Waals surface area contributed by atoms with Crippen LogP contribution < -0.4 is 11.3 Å². The van der Waals surface area contributed by atoms with Crippen molar-refractivity contribution in [3.63, 3.8) is 0 Å². The van der Waals surface area contributed by atoms with Gasteiger partial charge in [0.1, 0.15) is 17.5 Å². The number of imidazole rings is 1. The van der Waals surface area contributed by atoms with Crippen molar-refractivity contribution in [2.24, 2.45) is 5.84 Å². The van der Waals surface area contributed by atoms with Gasteiger partial charge >= 0.3 is 0 Å². The van der Waals surface area contributed by atoms with Crippen molar-refractivity contribution < 1.29 is 8.78 Å². The number of nitrogens with zero attached hydrogens (tertiary/aromatic N) is 2. The number of hydrogen-bond donors (Lipinski definition) is 2. The summed E-state index contributed by atoms with van der Waals surface area (Å²) in [5, 5.41) is 0. The van der Waals surface area contributed by atoms with E-state index >= 15 is 0 Å². The van der Waals surface area contributed by atoms with Crippen LogP contribution in [0.3, 0.4) is 0 Å². The molecule has 2 aromatic rings. The third-order valence-corrected chi connectivity index (χ3v) is 3.58. The number of rotatable bonds is 5. The minimum Gasteiger partial charge on any atom is -0.335 e. The molecule has 0 saturated heterocycles. The zero-order valence-corrected chi connectivity index (χ0v) is 12.5. The molecule has 108 valence electrons. The maximum absolute atomic E-state index is 14.0. The molecule has 0 aliphatic rings. The summed E-state index contributed by atoms with van der Waals surface area (Å²) in [6.45, 7) is 2.70. The van der Waals surface area contributed by atoms with Gasteiger partial charge in [-0.1, -0.05) is 15.9 Å². The van der Waals surface area contributed by atoms with Crippen LogP contribution in [0.5, 0.6) is 0 Å². The lowest BCUT2D eigenvalue weighted by Crippen LogP contribution is -2.31. The molecule has 1 atom stereocenters. The number of halogens is 3. The number of benzene rings is 1. The minimum atomic E-state index is -0.684. The topological polar surface area (TPSA) is 55.9 Å². The first-order valence-corrected chi connectivity index (χ1v) is 6.96. The molecule has 0 saturated carbocycles. The van der Waals surface area contributed by atoms with E-state index in [1.54, 1.807) is 6.20 Å². The summed E-state index contributed by atoms with van der Waals surface area (Å²) in [6, 6.07) is 1.75. The highest BCUT2D eigenvalue weighted by molar-refractivity contribution is 9.10. The molecule has 3 N–H and O–H groups in total. The van der Waals surface area contributed by atoms with Gasteiger partial charge in [-0.15, -0.1) is 0 Å². The second-order valence-corrected chi connectivity index (χ2v) is 5.25. The van der Waals surface area contributed by atoms with E-state index in [-0.39, 0.29) is 5.56 Å². The molecule has 20 heavy (non-hydrogen) atoms. The Kier molecular flexibility index (Phi) is 4.85. The molecule has 1 aromatic heterocycles. The molecular weight excluding hydrogens is 330 g/mol. The van der Waals surface area contributed by atoms with Crippen LogP contribution in [-0.4, -0.2) is 9.55 Å². The number of aryl methyl sites for hydroxylation is 1. The maximum atomic E-state index is 14.0. The average Bonchev–Trinajstić information content (AvgIpc) is 2.83. The van der Waals surface area contributed by atoms with Gasteiger partial charge < -0.3 is 4.57 Å². The lowest BCUT2D eigenvalue weighted by Gasteiger charge is -2.18.